The summed E-state index contributed by atoms with van der Waals surface area (Å²) in [4.78, 5) is 5.15. The molecule has 0 spiro atoms. The number of rotatable bonds is 5. The van der Waals surface area contributed by atoms with Crippen molar-refractivity contribution in [2.75, 3.05) is 0 Å². The van der Waals surface area contributed by atoms with E-state index in [1.165, 1.54) is 0 Å². The van der Waals surface area contributed by atoms with E-state index in [0.717, 1.165) is 99.8 Å². The van der Waals surface area contributed by atoms with Crippen LogP contribution in [0.1, 0.15) is 0 Å². The summed E-state index contributed by atoms with van der Waals surface area (Å²) < 4.78 is 12.4. The monoisotopic (exact) mass is 639 g/mol. The van der Waals surface area contributed by atoms with Gasteiger partial charge in [-0.05, 0) is 100 Å². The van der Waals surface area contributed by atoms with E-state index >= 15 is 0 Å². The highest BCUT2D eigenvalue weighted by Crippen LogP contribution is 2.39. The number of benzene rings is 7. The van der Waals surface area contributed by atoms with Crippen molar-refractivity contribution in [1.29, 1.82) is 0 Å². The zero-order valence-corrected chi connectivity index (χ0v) is 27.0. The third-order valence-electron chi connectivity index (χ3n) is 9.65. The number of para-hydroxylation sites is 2. The van der Waals surface area contributed by atoms with Gasteiger partial charge in [-0.3, -0.25) is 0 Å². The fourth-order valence-electron chi connectivity index (χ4n) is 7.15. The van der Waals surface area contributed by atoms with Gasteiger partial charge in [0.05, 0.1) is 11.4 Å². The van der Waals surface area contributed by atoms with Gasteiger partial charge in [0, 0.05) is 32.7 Å². The Morgan fingerprint density at radius 1 is 0.260 bits per heavy atom. The van der Waals surface area contributed by atoms with Crippen molar-refractivity contribution in [2.45, 2.75) is 0 Å². The van der Waals surface area contributed by atoms with Gasteiger partial charge in [0.2, 0.25) is 0 Å². The molecule has 3 nitrogen and oxygen atoms in total. The van der Waals surface area contributed by atoms with E-state index in [9.17, 15) is 0 Å². The molecular formula is C47H29NO2. The predicted octanol–water partition coefficient (Wildman–Crippen LogP) is 13.2. The Morgan fingerprint density at radius 2 is 0.640 bits per heavy atom. The number of fused-ring (bicyclic) bond motifs is 6. The second-order valence-electron chi connectivity index (χ2n) is 12.8. The summed E-state index contributed by atoms with van der Waals surface area (Å²) in [5, 5.41) is 4.45. The molecule has 3 heteroatoms. The highest BCUT2D eigenvalue weighted by Gasteiger charge is 2.15. The molecule has 0 fully saturated rings. The lowest BCUT2D eigenvalue weighted by Gasteiger charge is -2.14. The molecule has 0 atom stereocenters. The zero-order chi connectivity index (χ0) is 33.0. The lowest BCUT2D eigenvalue weighted by molar-refractivity contribution is 0.668. The van der Waals surface area contributed by atoms with Crippen LogP contribution in [-0.2, 0) is 0 Å². The van der Waals surface area contributed by atoms with E-state index in [2.05, 4.69) is 140 Å². The van der Waals surface area contributed by atoms with Gasteiger partial charge in [-0.25, -0.2) is 4.98 Å². The van der Waals surface area contributed by atoms with Crippen LogP contribution in [0.3, 0.4) is 0 Å². The summed E-state index contributed by atoms with van der Waals surface area (Å²) in [5.74, 6) is 0. The minimum atomic E-state index is 0.887. The maximum Gasteiger partial charge on any atom is 0.135 e. The van der Waals surface area contributed by atoms with E-state index in [0.29, 0.717) is 0 Å². The third-order valence-corrected chi connectivity index (χ3v) is 9.65. The SMILES string of the molecule is c1ccc(-c2cc(-c3cc(-c4ccc5oc6ccccc6c5c4)cc(-c4ccc5oc6ccccc6c5c4)c3)cc(-c3ccccc3)n2)cc1. The standard InChI is InChI=1S/C47H29NO2/c1-3-11-30(12-4-1)42-28-37(29-43(48-42)31-13-5-2-6-14-31)36-24-34(32-19-21-46-40(26-32)38-15-7-9-17-44(38)49-46)23-35(25-36)33-20-22-47-41(27-33)39-16-8-10-18-45(39)50-47/h1-29H. The molecule has 0 amide bonds. The summed E-state index contributed by atoms with van der Waals surface area (Å²) in [5.41, 5.74) is 14.3. The zero-order valence-electron chi connectivity index (χ0n) is 27.0. The summed E-state index contributed by atoms with van der Waals surface area (Å²) in [6, 6.07) is 61.7. The molecule has 0 saturated carbocycles. The molecule has 3 heterocycles. The van der Waals surface area contributed by atoms with Crippen LogP contribution in [0.5, 0.6) is 0 Å². The van der Waals surface area contributed by atoms with Gasteiger partial charge in [-0.2, -0.15) is 0 Å². The highest BCUT2D eigenvalue weighted by atomic mass is 16.3. The predicted molar refractivity (Wildman–Crippen MR) is 206 cm³/mol. The topological polar surface area (TPSA) is 39.2 Å². The van der Waals surface area contributed by atoms with E-state index in [1.807, 2.05) is 36.4 Å². The number of pyridine rings is 1. The molecule has 0 aliphatic heterocycles. The maximum atomic E-state index is 6.19. The minimum Gasteiger partial charge on any atom is -0.456 e. The summed E-state index contributed by atoms with van der Waals surface area (Å²) in [7, 11) is 0. The molecular weight excluding hydrogens is 611 g/mol. The molecule has 0 bridgehead atoms. The fraction of sp³-hybridized carbons (Fsp3) is 0. The van der Waals surface area contributed by atoms with Gasteiger partial charge >= 0.3 is 0 Å². The molecule has 0 aliphatic carbocycles. The molecule has 0 N–H and O–H groups in total. The van der Waals surface area contributed by atoms with Crippen molar-refractivity contribution >= 4 is 43.9 Å². The molecule has 3 aromatic heterocycles. The molecule has 10 aromatic rings. The van der Waals surface area contributed by atoms with Gasteiger partial charge in [-0.1, -0.05) is 109 Å². The van der Waals surface area contributed by atoms with Crippen molar-refractivity contribution < 1.29 is 8.83 Å². The van der Waals surface area contributed by atoms with Crippen LogP contribution in [0.4, 0.5) is 0 Å². The largest absolute Gasteiger partial charge is 0.456 e. The Hall–Kier alpha value is -6.71. The Balaban J connectivity index is 1.21. The first kappa shape index (κ1) is 28.3. The van der Waals surface area contributed by atoms with Crippen LogP contribution >= 0.6 is 0 Å². The minimum absolute atomic E-state index is 0.887. The number of furan rings is 2. The first-order valence-electron chi connectivity index (χ1n) is 16.9. The van der Waals surface area contributed by atoms with Gasteiger partial charge in [0.15, 0.2) is 0 Å². The molecule has 50 heavy (non-hydrogen) atoms. The molecule has 0 aliphatic rings. The van der Waals surface area contributed by atoms with Gasteiger partial charge < -0.3 is 8.83 Å². The number of hydrogen-bond donors (Lipinski definition) is 0. The average molecular weight is 640 g/mol. The van der Waals surface area contributed by atoms with Crippen LogP contribution in [0, 0.1) is 0 Å². The molecule has 10 rings (SSSR count). The average Bonchev–Trinajstić information content (AvgIpc) is 3.76. The van der Waals surface area contributed by atoms with Crippen molar-refractivity contribution in [1.82, 2.24) is 4.98 Å². The van der Waals surface area contributed by atoms with Crippen LogP contribution in [0.15, 0.2) is 185 Å². The first-order chi connectivity index (χ1) is 24.7. The summed E-state index contributed by atoms with van der Waals surface area (Å²) in [6.07, 6.45) is 0. The van der Waals surface area contributed by atoms with E-state index < -0.39 is 0 Å². The second kappa shape index (κ2) is 11.5. The Labute approximate surface area is 288 Å². The van der Waals surface area contributed by atoms with Crippen molar-refractivity contribution in [3.63, 3.8) is 0 Å². The lowest BCUT2D eigenvalue weighted by Crippen LogP contribution is -1.92. The second-order valence-corrected chi connectivity index (χ2v) is 12.8. The number of aromatic nitrogens is 1. The van der Waals surface area contributed by atoms with E-state index in [1.54, 1.807) is 0 Å². The Kier molecular flexibility index (Phi) is 6.49. The third kappa shape index (κ3) is 4.87. The molecule has 0 unspecified atom stereocenters. The van der Waals surface area contributed by atoms with Crippen molar-refractivity contribution in [3.05, 3.63) is 176 Å². The quantitative estimate of drug-likeness (QED) is 0.188. The first-order valence-corrected chi connectivity index (χ1v) is 16.9. The molecule has 7 aromatic carbocycles. The summed E-state index contributed by atoms with van der Waals surface area (Å²) >= 11 is 0. The normalized spacial score (nSPS) is 11.6. The fourth-order valence-corrected chi connectivity index (χ4v) is 7.15. The van der Waals surface area contributed by atoms with Crippen molar-refractivity contribution in [2.24, 2.45) is 0 Å². The maximum absolute atomic E-state index is 6.19. The smallest absolute Gasteiger partial charge is 0.135 e. The van der Waals surface area contributed by atoms with Crippen LogP contribution in [-0.4, -0.2) is 4.98 Å². The van der Waals surface area contributed by atoms with Gasteiger partial charge in [0.25, 0.3) is 0 Å². The lowest BCUT2D eigenvalue weighted by atomic mass is 9.91. The van der Waals surface area contributed by atoms with Crippen LogP contribution in [0.2, 0.25) is 0 Å². The molecule has 0 saturated heterocycles. The molecule has 234 valence electrons. The summed E-state index contributed by atoms with van der Waals surface area (Å²) in [6.45, 7) is 0. The Morgan fingerprint density at radius 3 is 1.12 bits per heavy atom. The van der Waals surface area contributed by atoms with Gasteiger partial charge in [0.1, 0.15) is 22.3 Å². The van der Waals surface area contributed by atoms with Gasteiger partial charge in [-0.15, -0.1) is 0 Å². The molecule has 0 radical (unpaired) electrons. The number of nitrogens with zero attached hydrogens (tertiary/aromatic N) is 1. The number of hydrogen-bond acceptors (Lipinski definition) is 3. The van der Waals surface area contributed by atoms with Crippen molar-refractivity contribution in [3.8, 4) is 55.9 Å². The van der Waals surface area contributed by atoms with E-state index in [-0.39, 0.29) is 0 Å². The van der Waals surface area contributed by atoms with Crippen LogP contribution < -0.4 is 0 Å². The highest BCUT2D eigenvalue weighted by molar-refractivity contribution is 6.07. The van der Waals surface area contributed by atoms with Crippen LogP contribution in [0.25, 0.3) is 99.8 Å². The van der Waals surface area contributed by atoms with E-state index in [4.69, 9.17) is 13.8 Å². The Bertz CT molecular complexity index is 2670.